The van der Waals surface area contributed by atoms with E-state index in [-0.39, 0.29) is 24.0 Å². The predicted molar refractivity (Wildman–Crippen MR) is 22.5 cm³/mol. The highest BCUT2D eigenvalue weighted by molar-refractivity contribution is 4.30. The van der Waals surface area contributed by atoms with Crippen molar-refractivity contribution in [2.45, 2.75) is 0 Å². The van der Waals surface area contributed by atoms with Gasteiger partial charge in [0.05, 0.1) is 26.3 Å². The second-order valence-electron chi connectivity index (χ2n) is 1.48. The molecule has 3 heteroatoms. The second-order valence-corrected chi connectivity index (χ2v) is 1.48. The quantitative estimate of drug-likeness (QED) is 0.405. The average Bonchev–Trinajstić information content (AvgIpc) is 1.72. The normalized spacial score (nSPS) is 20.6. The Morgan fingerprint density at radius 3 is 1.86 bits per heavy atom. The molecule has 1 aliphatic rings. The fraction of sp³-hybridized carbons (Fsp3) is 1.00. The topological polar surface area (TPSA) is 25.8 Å². The van der Waals surface area contributed by atoms with Crippen LogP contribution in [-0.4, -0.2) is 26.3 Å². The molecule has 44 valence electrons. The van der Waals surface area contributed by atoms with Crippen LogP contribution in [0.25, 0.3) is 0 Å². The van der Waals surface area contributed by atoms with Gasteiger partial charge >= 0.3 is 0 Å². The number of morpholine rings is 1. The van der Waals surface area contributed by atoms with Crippen LogP contribution in [0.3, 0.4) is 0 Å². The van der Waals surface area contributed by atoms with Crippen LogP contribution in [0.1, 0.15) is 0 Å². The van der Waals surface area contributed by atoms with Gasteiger partial charge in [-0.25, -0.2) is 0 Å². The third-order valence-electron chi connectivity index (χ3n) is 0.933. The molecule has 2 N–H and O–H groups in total. The van der Waals surface area contributed by atoms with Gasteiger partial charge in [0.15, 0.2) is 0 Å². The maximum atomic E-state index is 5.04. The van der Waals surface area contributed by atoms with Crippen molar-refractivity contribution in [1.82, 2.24) is 0 Å². The van der Waals surface area contributed by atoms with E-state index >= 15 is 0 Å². The summed E-state index contributed by atoms with van der Waals surface area (Å²) in [6.07, 6.45) is 0. The van der Waals surface area contributed by atoms with Crippen LogP contribution in [-0.2, 0) is 4.74 Å². The van der Waals surface area contributed by atoms with Gasteiger partial charge in [-0.15, -0.1) is 0 Å². The summed E-state index contributed by atoms with van der Waals surface area (Å²) < 4.78 is 5.04. The van der Waals surface area contributed by atoms with Gasteiger partial charge in [0.2, 0.25) is 0 Å². The van der Waals surface area contributed by atoms with Crippen molar-refractivity contribution in [3.63, 3.8) is 0 Å². The van der Waals surface area contributed by atoms with Crippen molar-refractivity contribution in [2.24, 2.45) is 0 Å². The third-order valence-corrected chi connectivity index (χ3v) is 0.933. The van der Waals surface area contributed by atoms with Gasteiger partial charge in [-0.3, -0.25) is 0 Å². The Morgan fingerprint density at radius 2 is 1.71 bits per heavy atom. The summed E-state index contributed by atoms with van der Waals surface area (Å²) in [5.41, 5.74) is 0. The van der Waals surface area contributed by atoms with Crippen LogP contribution in [0.15, 0.2) is 0 Å². The van der Waals surface area contributed by atoms with Gasteiger partial charge in [0.1, 0.15) is 0 Å². The van der Waals surface area contributed by atoms with Gasteiger partial charge in [-0.1, -0.05) is 0 Å². The molecule has 0 aliphatic carbocycles. The third kappa shape index (κ3) is 3.25. The first kappa shape index (κ1) is 7.65. The monoisotopic (exact) mass is 215 g/mol. The van der Waals surface area contributed by atoms with Gasteiger partial charge in [0.25, 0.3) is 0 Å². The van der Waals surface area contributed by atoms with E-state index in [0.717, 1.165) is 26.3 Å². The zero-order chi connectivity index (χ0) is 4.24. The fourth-order valence-electron chi connectivity index (χ4n) is 0.580. The Bertz CT molecular complexity index is 27.2. The van der Waals surface area contributed by atoms with E-state index in [9.17, 15) is 0 Å². The molecular weight excluding hydrogens is 205 g/mol. The lowest BCUT2D eigenvalue weighted by atomic mass is 10.5. The van der Waals surface area contributed by atoms with Crippen LogP contribution in [0.2, 0.25) is 0 Å². The number of hydrogen-bond donors (Lipinski definition) is 1. The Morgan fingerprint density at radius 1 is 1.14 bits per heavy atom. The number of nitrogens with two attached hydrogens (primary N) is 1. The smallest absolute Gasteiger partial charge is 0.0993 e. The summed E-state index contributed by atoms with van der Waals surface area (Å²) in [5, 5.41) is 2.27. The second kappa shape index (κ2) is 4.80. The van der Waals surface area contributed by atoms with E-state index in [1.165, 1.54) is 0 Å². The molecule has 0 aromatic rings. The minimum absolute atomic E-state index is 0. The van der Waals surface area contributed by atoms with Crippen LogP contribution in [0, 0.1) is 0 Å². The molecule has 0 aromatic carbocycles. The van der Waals surface area contributed by atoms with Crippen LogP contribution < -0.4 is 29.3 Å². The first-order valence-corrected chi connectivity index (χ1v) is 2.39. The van der Waals surface area contributed by atoms with E-state index in [0.29, 0.717) is 0 Å². The minimum atomic E-state index is 0. The molecule has 0 atom stereocenters. The lowest BCUT2D eigenvalue weighted by molar-refractivity contribution is -0.670. The highest BCUT2D eigenvalue weighted by atomic mass is 127. The molecule has 0 bridgehead atoms. The van der Waals surface area contributed by atoms with E-state index in [2.05, 4.69) is 5.32 Å². The highest BCUT2D eigenvalue weighted by Gasteiger charge is 1.96. The number of rotatable bonds is 0. The first-order chi connectivity index (χ1) is 3.00. The summed E-state index contributed by atoms with van der Waals surface area (Å²) in [6, 6.07) is 0. The number of quaternary nitrogens is 1. The van der Waals surface area contributed by atoms with Gasteiger partial charge in [0, 0.05) is 0 Å². The van der Waals surface area contributed by atoms with Crippen LogP contribution in [0.5, 0.6) is 0 Å². The molecule has 0 unspecified atom stereocenters. The lowest BCUT2D eigenvalue weighted by Crippen LogP contribution is -3.00. The van der Waals surface area contributed by atoms with E-state index < -0.39 is 0 Å². The summed E-state index contributed by atoms with van der Waals surface area (Å²) in [7, 11) is 0. The maximum absolute atomic E-state index is 5.04. The Kier molecular flexibility index (Phi) is 5.25. The number of ether oxygens (including phenoxy) is 1. The predicted octanol–water partition coefficient (Wildman–Crippen LogP) is -4.42. The molecule has 1 heterocycles. The molecule has 0 spiro atoms. The van der Waals surface area contributed by atoms with Crippen molar-refractivity contribution in [1.29, 1.82) is 0 Å². The molecular formula is C4H10INO. The molecule has 0 saturated carbocycles. The van der Waals surface area contributed by atoms with Gasteiger partial charge in [-0.05, 0) is 0 Å². The molecule has 1 saturated heterocycles. The van der Waals surface area contributed by atoms with Gasteiger partial charge < -0.3 is 34.0 Å². The molecule has 1 rings (SSSR count). The lowest BCUT2D eigenvalue weighted by Gasteiger charge is -2.07. The zero-order valence-corrected chi connectivity index (χ0v) is 6.35. The Balaban J connectivity index is 0.000000360. The molecule has 7 heavy (non-hydrogen) atoms. The van der Waals surface area contributed by atoms with Crippen molar-refractivity contribution >= 4 is 0 Å². The van der Waals surface area contributed by atoms with E-state index in [1.54, 1.807) is 0 Å². The Labute approximate surface area is 60.6 Å². The van der Waals surface area contributed by atoms with Crippen molar-refractivity contribution < 1.29 is 34.0 Å². The summed E-state index contributed by atoms with van der Waals surface area (Å²) in [6.45, 7) is 4.19. The summed E-state index contributed by atoms with van der Waals surface area (Å²) >= 11 is 0. The molecule has 1 fully saturated rings. The summed E-state index contributed by atoms with van der Waals surface area (Å²) in [5.74, 6) is 0. The summed E-state index contributed by atoms with van der Waals surface area (Å²) in [4.78, 5) is 0. The van der Waals surface area contributed by atoms with E-state index in [4.69, 9.17) is 4.74 Å². The van der Waals surface area contributed by atoms with Crippen molar-refractivity contribution in [3.8, 4) is 0 Å². The van der Waals surface area contributed by atoms with E-state index in [1.807, 2.05) is 0 Å². The number of hydrogen-bond acceptors (Lipinski definition) is 1. The van der Waals surface area contributed by atoms with Crippen LogP contribution >= 0.6 is 0 Å². The number of halogens is 1. The molecule has 1 aliphatic heterocycles. The molecule has 2 nitrogen and oxygen atoms in total. The highest BCUT2D eigenvalue weighted by Crippen LogP contribution is 1.69. The SMILES string of the molecule is C1COCC[NH2+]1.[I-]. The molecule has 0 radical (unpaired) electrons. The zero-order valence-electron chi connectivity index (χ0n) is 4.19. The maximum Gasteiger partial charge on any atom is 0.0993 e. The average molecular weight is 215 g/mol. The molecule has 0 amide bonds. The van der Waals surface area contributed by atoms with Gasteiger partial charge in [-0.2, -0.15) is 0 Å². The minimum Gasteiger partial charge on any atom is -1.00 e. The molecule has 0 aromatic heterocycles. The van der Waals surface area contributed by atoms with Crippen molar-refractivity contribution in [3.05, 3.63) is 0 Å². The van der Waals surface area contributed by atoms with Crippen LogP contribution in [0.4, 0.5) is 0 Å². The fourth-order valence-corrected chi connectivity index (χ4v) is 0.580. The standard InChI is InChI=1S/C4H9NO.HI/c1-3-6-4-2-5-1;/h5H,1-4H2;1H. The first-order valence-electron chi connectivity index (χ1n) is 2.39. The van der Waals surface area contributed by atoms with Crippen molar-refractivity contribution in [2.75, 3.05) is 26.3 Å². The Hall–Kier alpha value is 0.650. The largest absolute Gasteiger partial charge is 1.00 e.